The molecule has 0 spiro atoms. The molecule has 1 aliphatic rings. The maximum absolute atomic E-state index is 11.5. The van der Waals surface area contributed by atoms with Gasteiger partial charge in [-0.15, -0.1) is 0 Å². The van der Waals surface area contributed by atoms with Gasteiger partial charge in [-0.25, -0.2) is 4.79 Å². The van der Waals surface area contributed by atoms with Crippen molar-refractivity contribution in [3.8, 4) is 0 Å². The van der Waals surface area contributed by atoms with Crippen LogP contribution in [0.4, 0.5) is 4.79 Å². The van der Waals surface area contributed by atoms with Gasteiger partial charge in [0.25, 0.3) is 0 Å². The first-order valence-electron chi connectivity index (χ1n) is 5.36. The third-order valence-electron chi connectivity index (χ3n) is 2.59. The zero-order chi connectivity index (χ0) is 12.4. The van der Waals surface area contributed by atoms with Crippen molar-refractivity contribution in [2.75, 3.05) is 20.7 Å². The molecule has 1 heterocycles. The minimum atomic E-state index is -0.746. The maximum Gasteiger partial charge on any atom is 0.411 e. The Balaban J connectivity index is 2.21. The minimum Gasteiger partial charge on any atom is -0.415 e. The number of rotatable bonds is 1. The molecule has 1 N–H and O–H groups in total. The van der Waals surface area contributed by atoms with E-state index in [1.54, 1.807) is 26.2 Å². The van der Waals surface area contributed by atoms with Gasteiger partial charge in [-0.1, -0.05) is 24.3 Å². The SMILES string of the molecule is CN(C)C(=O)OC1OCC(O)c2ccccc21. The Hall–Kier alpha value is -1.59. The Morgan fingerprint density at radius 3 is 2.71 bits per heavy atom. The zero-order valence-corrected chi connectivity index (χ0v) is 9.79. The largest absolute Gasteiger partial charge is 0.415 e. The molecule has 2 atom stereocenters. The highest BCUT2D eigenvalue weighted by Crippen LogP contribution is 2.33. The van der Waals surface area contributed by atoms with E-state index < -0.39 is 18.5 Å². The van der Waals surface area contributed by atoms with Gasteiger partial charge in [0.05, 0.1) is 6.61 Å². The summed E-state index contributed by atoms with van der Waals surface area (Å²) in [6.45, 7) is 0.127. The molecule has 2 rings (SSSR count). The zero-order valence-electron chi connectivity index (χ0n) is 9.79. The van der Waals surface area contributed by atoms with Crippen molar-refractivity contribution in [1.82, 2.24) is 4.90 Å². The fourth-order valence-electron chi connectivity index (χ4n) is 1.68. The van der Waals surface area contributed by atoms with Crippen LogP contribution >= 0.6 is 0 Å². The first-order valence-corrected chi connectivity index (χ1v) is 5.36. The lowest BCUT2D eigenvalue weighted by Crippen LogP contribution is -2.29. The highest BCUT2D eigenvalue weighted by molar-refractivity contribution is 5.67. The van der Waals surface area contributed by atoms with E-state index in [0.717, 1.165) is 5.56 Å². The van der Waals surface area contributed by atoms with Crippen LogP contribution in [0.5, 0.6) is 0 Å². The van der Waals surface area contributed by atoms with E-state index in [1.165, 1.54) is 4.90 Å². The molecule has 2 unspecified atom stereocenters. The van der Waals surface area contributed by atoms with Gasteiger partial charge >= 0.3 is 6.09 Å². The number of ether oxygens (including phenoxy) is 2. The molecular formula is C12H15NO4. The first kappa shape index (κ1) is 11.9. The van der Waals surface area contributed by atoms with Gasteiger partial charge in [0.2, 0.25) is 6.29 Å². The van der Waals surface area contributed by atoms with Crippen LogP contribution in [0.1, 0.15) is 23.5 Å². The van der Waals surface area contributed by atoms with Crippen molar-refractivity contribution < 1.29 is 19.4 Å². The highest BCUT2D eigenvalue weighted by Gasteiger charge is 2.29. The number of amides is 1. The summed E-state index contributed by atoms with van der Waals surface area (Å²) in [4.78, 5) is 12.8. The van der Waals surface area contributed by atoms with Crippen molar-refractivity contribution in [3.63, 3.8) is 0 Å². The number of carbonyl (C=O) groups excluding carboxylic acids is 1. The maximum atomic E-state index is 11.5. The lowest BCUT2D eigenvalue weighted by molar-refractivity contribution is -0.146. The molecule has 17 heavy (non-hydrogen) atoms. The molecule has 1 amide bonds. The standard InChI is InChI=1S/C12H15NO4/c1-13(2)12(15)17-11-9-6-4-3-5-8(9)10(14)7-16-11/h3-6,10-11,14H,7H2,1-2H3. The summed E-state index contributed by atoms with van der Waals surface area (Å²) in [5.41, 5.74) is 1.44. The van der Waals surface area contributed by atoms with Gasteiger partial charge in [0.15, 0.2) is 0 Å². The number of hydrogen-bond donors (Lipinski definition) is 1. The fourth-order valence-corrected chi connectivity index (χ4v) is 1.68. The van der Waals surface area contributed by atoms with E-state index in [9.17, 15) is 9.90 Å². The molecule has 0 fully saturated rings. The van der Waals surface area contributed by atoms with Crippen LogP contribution in [0.2, 0.25) is 0 Å². The number of carbonyl (C=O) groups is 1. The van der Waals surface area contributed by atoms with Gasteiger partial charge in [-0.05, 0) is 5.56 Å². The van der Waals surface area contributed by atoms with Gasteiger partial charge in [0, 0.05) is 19.7 Å². The second-order valence-electron chi connectivity index (χ2n) is 4.09. The number of benzene rings is 1. The van der Waals surface area contributed by atoms with E-state index in [4.69, 9.17) is 9.47 Å². The predicted octanol–water partition coefficient (Wildman–Crippen LogP) is 1.45. The molecule has 5 nitrogen and oxygen atoms in total. The topological polar surface area (TPSA) is 59.0 Å². The van der Waals surface area contributed by atoms with Crippen molar-refractivity contribution in [1.29, 1.82) is 0 Å². The summed E-state index contributed by atoms with van der Waals surface area (Å²) in [7, 11) is 3.21. The monoisotopic (exact) mass is 237 g/mol. The van der Waals surface area contributed by atoms with Crippen molar-refractivity contribution in [2.24, 2.45) is 0 Å². The molecule has 1 aromatic carbocycles. The summed E-state index contributed by atoms with van der Waals surface area (Å²) in [5, 5.41) is 9.75. The van der Waals surface area contributed by atoms with Gasteiger partial charge < -0.3 is 19.5 Å². The summed E-state index contributed by atoms with van der Waals surface area (Å²) in [6, 6.07) is 7.24. The molecule has 5 heteroatoms. The number of hydrogen-bond acceptors (Lipinski definition) is 4. The van der Waals surface area contributed by atoms with E-state index >= 15 is 0 Å². The van der Waals surface area contributed by atoms with Crippen LogP contribution in [-0.4, -0.2) is 36.8 Å². The van der Waals surface area contributed by atoms with Crippen molar-refractivity contribution in [2.45, 2.75) is 12.4 Å². The fraction of sp³-hybridized carbons (Fsp3) is 0.417. The molecule has 0 saturated heterocycles. The van der Waals surface area contributed by atoms with E-state index in [0.29, 0.717) is 5.56 Å². The highest BCUT2D eigenvalue weighted by atomic mass is 16.7. The summed E-state index contributed by atoms with van der Waals surface area (Å²) < 4.78 is 10.5. The van der Waals surface area contributed by atoms with Crippen LogP contribution in [0, 0.1) is 0 Å². The smallest absolute Gasteiger partial charge is 0.411 e. The molecule has 0 aromatic heterocycles. The summed E-state index contributed by atoms with van der Waals surface area (Å²) in [5.74, 6) is 0. The molecule has 92 valence electrons. The lowest BCUT2D eigenvalue weighted by atomic mass is 10.0. The lowest BCUT2D eigenvalue weighted by Gasteiger charge is -2.29. The van der Waals surface area contributed by atoms with E-state index in [2.05, 4.69) is 0 Å². The van der Waals surface area contributed by atoms with Gasteiger partial charge in [-0.2, -0.15) is 0 Å². The van der Waals surface area contributed by atoms with Crippen LogP contribution < -0.4 is 0 Å². The number of aliphatic hydroxyl groups is 1. The van der Waals surface area contributed by atoms with Crippen LogP contribution in [0.15, 0.2) is 24.3 Å². The Morgan fingerprint density at radius 2 is 2.06 bits per heavy atom. The quantitative estimate of drug-likeness (QED) is 0.803. The molecule has 0 radical (unpaired) electrons. The van der Waals surface area contributed by atoms with E-state index in [1.807, 2.05) is 12.1 Å². The average molecular weight is 237 g/mol. The third kappa shape index (κ3) is 2.40. The molecule has 0 aliphatic carbocycles. The number of nitrogens with zero attached hydrogens (tertiary/aromatic N) is 1. The summed E-state index contributed by atoms with van der Waals surface area (Å²) >= 11 is 0. The third-order valence-corrected chi connectivity index (χ3v) is 2.59. The number of aliphatic hydroxyl groups excluding tert-OH is 1. The van der Waals surface area contributed by atoms with Gasteiger partial charge in [0.1, 0.15) is 6.10 Å². The van der Waals surface area contributed by atoms with Crippen LogP contribution in [0.3, 0.4) is 0 Å². The van der Waals surface area contributed by atoms with Crippen LogP contribution in [0.25, 0.3) is 0 Å². The first-order chi connectivity index (χ1) is 8.09. The summed E-state index contributed by atoms with van der Waals surface area (Å²) in [6.07, 6.45) is -1.88. The normalized spacial score (nSPS) is 22.8. The second-order valence-corrected chi connectivity index (χ2v) is 4.09. The Bertz CT molecular complexity index is 419. The molecule has 0 saturated carbocycles. The molecule has 0 bridgehead atoms. The Morgan fingerprint density at radius 1 is 1.41 bits per heavy atom. The number of fused-ring (bicyclic) bond motifs is 1. The molecule has 1 aromatic rings. The van der Waals surface area contributed by atoms with E-state index in [-0.39, 0.29) is 6.61 Å². The predicted molar refractivity (Wildman–Crippen MR) is 60.3 cm³/mol. The van der Waals surface area contributed by atoms with Crippen molar-refractivity contribution >= 4 is 6.09 Å². The molecular weight excluding hydrogens is 222 g/mol. The van der Waals surface area contributed by atoms with Crippen molar-refractivity contribution in [3.05, 3.63) is 35.4 Å². The minimum absolute atomic E-state index is 0.127. The van der Waals surface area contributed by atoms with Crippen LogP contribution in [-0.2, 0) is 9.47 Å². The molecule has 1 aliphatic heterocycles. The Labute approximate surface area is 99.6 Å². The van der Waals surface area contributed by atoms with Gasteiger partial charge in [-0.3, -0.25) is 0 Å². The second kappa shape index (κ2) is 4.73. The Kier molecular flexibility index (Phi) is 3.31. The average Bonchev–Trinajstić information content (AvgIpc) is 2.33.